The molecule has 0 unspecified atom stereocenters. The summed E-state index contributed by atoms with van der Waals surface area (Å²) in [6.07, 6.45) is 4.03. The van der Waals surface area contributed by atoms with E-state index in [0.717, 1.165) is 17.2 Å². The number of aromatic nitrogens is 1. The van der Waals surface area contributed by atoms with Crippen LogP contribution in [0.15, 0.2) is 67.0 Å². The van der Waals surface area contributed by atoms with Gasteiger partial charge in [0.1, 0.15) is 13.2 Å². The van der Waals surface area contributed by atoms with E-state index in [2.05, 4.69) is 59.2 Å². The van der Waals surface area contributed by atoms with Crippen LogP contribution in [-0.2, 0) is 0 Å². The highest BCUT2D eigenvalue weighted by Gasteiger charge is 2.17. The summed E-state index contributed by atoms with van der Waals surface area (Å²) >= 11 is 0. The maximum absolute atomic E-state index is 5.70. The molecular formula is C22H15NO2. The zero-order valence-electron chi connectivity index (χ0n) is 13.5. The van der Waals surface area contributed by atoms with Crippen molar-refractivity contribution in [3.63, 3.8) is 0 Å². The van der Waals surface area contributed by atoms with Gasteiger partial charge in [-0.25, -0.2) is 0 Å². The fourth-order valence-corrected chi connectivity index (χ4v) is 4.02. The van der Waals surface area contributed by atoms with Crippen molar-refractivity contribution in [2.24, 2.45) is 0 Å². The Kier molecular flexibility index (Phi) is 2.45. The summed E-state index contributed by atoms with van der Waals surface area (Å²) in [5.74, 6) is 1.63. The minimum absolute atomic E-state index is 0.607. The van der Waals surface area contributed by atoms with Gasteiger partial charge in [0.2, 0.25) is 0 Å². The lowest BCUT2D eigenvalue weighted by atomic mass is 9.93. The number of ether oxygens (including phenoxy) is 2. The first-order valence-corrected chi connectivity index (χ1v) is 8.53. The Bertz CT molecular complexity index is 1210. The topological polar surface area (TPSA) is 23.4 Å². The average molecular weight is 325 g/mol. The SMILES string of the molecule is c1cc2ccc3ccc(-n4cc5c(c4)OCCO5)c4ccc(c1)c2c34. The van der Waals surface area contributed by atoms with Crippen LogP contribution in [0, 0.1) is 0 Å². The van der Waals surface area contributed by atoms with Gasteiger partial charge in [-0.2, -0.15) is 0 Å². The lowest BCUT2D eigenvalue weighted by Crippen LogP contribution is -2.13. The number of rotatable bonds is 1. The fraction of sp³-hybridized carbons (Fsp3) is 0.0909. The van der Waals surface area contributed by atoms with Gasteiger partial charge in [0, 0.05) is 5.39 Å². The Morgan fingerprint density at radius 1 is 0.640 bits per heavy atom. The van der Waals surface area contributed by atoms with Crippen LogP contribution in [0.4, 0.5) is 0 Å². The van der Waals surface area contributed by atoms with Crippen LogP contribution in [0.25, 0.3) is 38.0 Å². The van der Waals surface area contributed by atoms with Gasteiger partial charge >= 0.3 is 0 Å². The van der Waals surface area contributed by atoms with E-state index >= 15 is 0 Å². The molecule has 120 valence electrons. The van der Waals surface area contributed by atoms with E-state index in [1.807, 2.05) is 12.4 Å². The van der Waals surface area contributed by atoms with Gasteiger partial charge in [0.15, 0.2) is 11.5 Å². The molecule has 4 aromatic carbocycles. The second-order valence-electron chi connectivity index (χ2n) is 6.53. The van der Waals surface area contributed by atoms with E-state index in [0.29, 0.717) is 13.2 Å². The molecule has 6 rings (SSSR count). The summed E-state index contributed by atoms with van der Waals surface area (Å²) in [5.41, 5.74) is 1.15. The highest BCUT2D eigenvalue weighted by molar-refractivity contribution is 6.24. The Balaban J connectivity index is 1.71. The first-order valence-electron chi connectivity index (χ1n) is 8.53. The van der Waals surface area contributed by atoms with E-state index in [9.17, 15) is 0 Å². The number of fused-ring (bicyclic) bond motifs is 1. The number of hydrogen-bond donors (Lipinski definition) is 0. The molecule has 0 saturated heterocycles. The van der Waals surface area contributed by atoms with Gasteiger partial charge in [-0.1, -0.05) is 48.5 Å². The second-order valence-corrected chi connectivity index (χ2v) is 6.53. The lowest BCUT2D eigenvalue weighted by Gasteiger charge is -2.14. The smallest absolute Gasteiger partial charge is 0.179 e. The van der Waals surface area contributed by atoms with E-state index < -0.39 is 0 Å². The van der Waals surface area contributed by atoms with Crippen LogP contribution in [0.5, 0.6) is 11.5 Å². The summed E-state index contributed by atoms with van der Waals surface area (Å²) in [6, 6.07) is 19.7. The van der Waals surface area contributed by atoms with Crippen LogP contribution in [-0.4, -0.2) is 17.8 Å². The monoisotopic (exact) mass is 325 g/mol. The molecule has 0 amide bonds. The molecule has 1 aromatic heterocycles. The predicted octanol–water partition coefficient (Wildman–Crippen LogP) is 5.15. The molecule has 5 aromatic rings. The van der Waals surface area contributed by atoms with E-state index in [-0.39, 0.29) is 0 Å². The molecule has 0 N–H and O–H groups in total. The molecule has 1 aliphatic rings. The van der Waals surface area contributed by atoms with Crippen molar-refractivity contribution in [2.45, 2.75) is 0 Å². The molecule has 0 atom stereocenters. The Morgan fingerprint density at radius 3 is 1.96 bits per heavy atom. The third-order valence-corrected chi connectivity index (χ3v) is 5.14. The van der Waals surface area contributed by atoms with E-state index in [1.165, 1.54) is 32.3 Å². The van der Waals surface area contributed by atoms with Gasteiger partial charge in [0.05, 0.1) is 18.1 Å². The highest BCUT2D eigenvalue weighted by atomic mass is 16.6. The Morgan fingerprint density at radius 2 is 1.24 bits per heavy atom. The van der Waals surface area contributed by atoms with Crippen molar-refractivity contribution in [3.8, 4) is 17.2 Å². The van der Waals surface area contributed by atoms with Crippen molar-refractivity contribution in [3.05, 3.63) is 67.0 Å². The van der Waals surface area contributed by atoms with Crippen molar-refractivity contribution < 1.29 is 9.47 Å². The molecule has 0 aliphatic carbocycles. The van der Waals surface area contributed by atoms with Crippen LogP contribution in [0.1, 0.15) is 0 Å². The van der Waals surface area contributed by atoms with Gasteiger partial charge < -0.3 is 14.0 Å². The van der Waals surface area contributed by atoms with Crippen molar-refractivity contribution in [2.75, 3.05) is 13.2 Å². The Labute approximate surface area is 144 Å². The molecule has 0 saturated carbocycles. The van der Waals surface area contributed by atoms with Crippen molar-refractivity contribution in [1.29, 1.82) is 0 Å². The van der Waals surface area contributed by atoms with Gasteiger partial charge in [0.25, 0.3) is 0 Å². The molecule has 0 radical (unpaired) electrons. The van der Waals surface area contributed by atoms with Gasteiger partial charge in [-0.3, -0.25) is 0 Å². The first-order chi connectivity index (χ1) is 12.4. The highest BCUT2D eigenvalue weighted by Crippen LogP contribution is 2.39. The van der Waals surface area contributed by atoms with Crippen molar-refractivity contribution >= 4 is 32.3 Å². The van der Waals surface area contributed by atoms with E-state index in [4.69, 9.17) is 9.47 Å². The Hall–Kier alpha value is -3.20. The third-order valence-electron chi connectivity index (χ3n) is 5.14. The van der Waals surface area contributed by atoms with E-state index in [1.54, 1.807) is 0 Å². The van der Waals surface area contributed by atoms with Crippen LogP contribution in [0.2, 0.25) is 0 Å². The maximum Gasteiger partial charge on any atom is 0.179 e. The molecule has 3 heteroatoms. The third kappa shape index (κ3) is 1.75. The average Bonchev–Trinajstić information content (AvgIpc) is 3.10. The zero-order valence-corrected chi connectivity index (χ0v) is 13.5. The van der Waals surface area contributed by atoms with Crippen molar-refractivity contribution in [1.82, 2.24) is 4.57 Å². The summed E-state index contributed by atoms with van der Waals surface area (Å²) < 4.78 is 13.5. The summed E-state index contributed by atoms with van der Waals surface area (Å²) in [5, 5.41) is 7.74. The molecule has 1 aliphatic heterocycles. The minimum atomic E-state index is 0.607. The normalized spacial score (nSPS) is 13.9. The van der Waals surface area contributed by atoms with Crippen LogP contribution >= 0.6 is 0 Å². The standard InChI is InChI=1S/C22H15NO2/c1-2-14-4-5-16-7-9-18(17-8-6-15(3-1)21(14)22(16)17)23-12-19-20(13-23)25-11-10-24-19/h1-9,12-13H,10-11H2. The van der Waals surface area contributed by atoms with Crippen LogP contribution < -0.4 is 9.47 Å². The molecule has 0 fully saturated rings. The number of benzene rings is 4. The zero-order chi connectivity index (χ0) is 16.4. The van der Waals surface area contributed by atoms with Gasteiger partial charge in [-0.05, 0) is 33.0 Å². The first kappa shape index (κ1) is 13.1. The molecule has 25 heavy (non-hydrogen) atoms. The summed E-state index contributed by atoms with van der Waals surface area (Å²) in [6.45, 7) is 1.21. The quantitative estimate of drug-likeness (QED) is 0.398. The fourth-order valence-electron chi connectivity index (χ4n) is 4.02. The lowest BCUT2D eigenvalue weighted by molar-refractivity contribution is 0.173. The molecule has 0 spiro atoms. The maximum atomic E-state index is 5.70. The number of nitrogens with zero attached hydrogens (tertiary/aromatic N) is 1. The second kappa shape index (κ2) is 4.67. The minimum Gasteiger partial charge on any atom is -0.485 e. The van der Waals surface area contributed by atoms with Crippen LogP contribution in [0.3, 0.4) is 0 Å². The predicted molar refractivity (Wildman–Crippen MR) is 100 cm³/mol. The molecule has 3 nitrogen and oxygen atoms in total. The summed E-state index contributed by atoms with van der Waals surface area (Å²) in [4.78, 5) is 0. The molecular weight excluding hydrogens is 310 g/mol. The molecule has 2 heterocycles. The van der Waals surface area contributed by atoms with Gasteiger partial charge in [-0.15, -0.1) is 0 Å². The summed E-state index contributed by atoms with van der Waals surface area (Å²) in [7, 11) is 0. The molecule has 0 bridgehead atoms. The number of hydrogen-bond acceptors (Lipinski definition) is 2. The largest absolute Gasteiger partial charge is 0.485 e.